The van der Waals surface area contributed by atoms with Gasteiger partial charge in [0.2, 0.25) is 0 Å². The Morgan fingerprint density at radius 2 is 1.83 bits per heavy atom. The molecule has 2 aromatic heterocycles. The first-order chi connectivity index (χ1) is 11.1. The fourth-order valence-electron chi connectivity index (χ4n) is 2.45. The number of hydrogen-bond donors (Lipinski definition) is 1. The fraction of sp³-hybridized carbons (Fsp3) is 0.125. The van der Waals surface area contributed by atoms with Gasteiger partial charge >= 0.3 is 5.97 Å². The van der Waals surface area contributed by atoms with Crippen molar-refractivity contribution in [2.75, 3.05) is 0 Å². The molecule has 0 atom stereocenters. The van der Waals surface area contributed by atoms with Crippen LogP contribution in [-0.4, -0.2) is 36.7 Å². The molecule has 0 aliphatic carbocycles. The third-order valence-electron chi connectivity index (χ3n) is 3.58. The maximum atomic E-state index is 10.9. The molecule has 0 saturated carbocycles. The molecular weight excluding hydrogens is 294 g/mol. The van der Waals surface area contributed by atoms with Crippen molar-refractivity contribution in [1.29, 1.82) is 0 Å². The van der Waals surface area contributed by atoms with Crippen LogP contribution in [0.1, 0.15) is 27.3 Å². The van der Waals surface area contributed by atoms with Crippen LogP contribution in [0.3, 0.4) is 0 Å². The molecule has 0 unspecified atom stereocenters. The van der Waals surface area contributed by atoms with Gasteiger partial charge in [-0.3, -0.25) is 0 Å². The second-order valence-electron chi connectivity index (χ2n) is 5.10. The van der Waals surface area contributed by atoms with Gasteiger partial charge in [0, 0.05) is 22.6 Å². The molecule has 23 heavy (non-hydrogen) atoms. The van der Waals surface area contributed by atoms with Gasteiger partial charge < -0.3 is 9.67 Å². The summed E-state index contributed by atoms with van der Waals surface area (Å²) in [6, 6.07) is 8.81. The van der Waals surface area contributed by atoms with Crippen LogP contribution in [0, 0.1) is 13.8 Å². The predicted octanol–water partition coefficient (Wildman–Crippen LogP) is 2.27. The largest absolute Gasteiger partial charge is 0.478 e. The lowest BCUT2D eigenvalue weighted by atomic mass is 10.2. The first-order valence-corrected chi connectivity index (χ1v) is 6.98. The lowest BCUT2D eigenvalue weighted by Gasteiger charge is -2.09. The number of rotatable bonds is 4. The van der Waals surface area contributed by atoms with Crippen LogP contribution in [0.2, 0.25) is 0 Å². The highest BCUT2D eigenvalue weighted by Crippen LogP contribution is 2.20. The number of carboxylic acids is 1. The summed E-state index contributed by atoms with van der Waals surface area (Å²) in [7, 11) is 0. The zero-order valence-electron chi connectivity index (χ0n) is 12.7. The van der Waals surface area contributed by atoms with E-state index in [0.29, 0.717) is 0 Å². The Hall–Kier alpha value is -3.22. The molecule has 1 N–H and O–H groups in total. The number of benzene rings is 1. The van der Waals surface area contributed by atoms with E-state index in [4.69, 9.17) is 5.11 Å². The van der Waals surface area contributed by atoms with Crippen molar-refractivity contribution in [2.24, 2.45) is 5.10 Å². The van der Waals surface area contributed by atoms with Crippen molar-refractivity contribution >= 4 is 12.2 Å². The maximum absolute atomic E-state index is 10.9. The molecule has 3 rings (SSSR count). The summed E-state index contributed by atoms with van der Waals surface area (Å²) in [6.45, 7) is 3.99. The van der Waals surface area contributed by atoms with Gasteiger partial charge in [0.15, 0.2) is 0 Å². The maximum Gasteiger partial charge on any atom is 0.335 e. The van der Waals surface area contributed by atoms with Crippen LogP contribution in [0.5, 0.6) is 0 Å². The van der Waals surface area contributed by atoms with E-state index in [2.05, 4.69) is 19.9 Å². The van der Waals surface area contributed by atoms with Crippen LogP contribution in [0.15, 0.2) is 48.1 Å². The summed E-state index contributed by atoms with van der Waals surface area (Å²) in [5, 5.41) is 20.6. The summed E-state index contributed by atoms with van der Waals surface area (Å²) in [6.07, 6.45) is 4.77. The third kappa shape index (κ3) is 2.89. The summed E-state index contributed by atoms with van der Waals surface area (Å²) in [4.78, 5) is 10.9. The zero-order valence-corrected chi connectivity index (χ0v) is 12.7. The van der Waals surface area contributed by atoms with Crippen molar-refractivity contribution in [2.45, 2.75) is 13.8 Å². The van der Waals surface area contributed by atoms with Gasteiger partial charge in [0.25, 0.3) is 0 Å². The smallest absolute Gasteiger partial charge is 0.335 e. The Bertz CT molecular complexity index is 861. The van der Waals surface area contributed by atoms with Crippen LogP contribution in [-0.2, 0) is 0 Å². The molecule has 3 aromatic rings. The van der Waals surface area contributed by atoms with Gasteiger partial charge in [0.1, 0.15) is 12.7 Å². The van der Waals surface area contributed by atoms with Crippen molar-refractivity contribution in [3.8, 4) is 5.69 Å². The van der Waals surface area contributed by atoms with E-state index in [0.717, 1.165) is 22.6 Å². The lowest BCUT2D eigenvalue weighted by molar-refractivity contribution is 0.0697. The number of hydrogen-bond acceptors (Lipinski definition) is 4. The number of carboxylic acid groups (broad SMARTS) is 1. The number of aromatic nitrogens is 4. The summed E-state index contributed by atoms with van der Waals surface area (Å²) in [5.74, 6) is -0.931. The van der Waals surface area contributed by atoms with E-state index < -0.39 is 5.97 Å². The Morgan fingerprint density at radius 1 is 1.17 bits per heavy atom. The minimum absolute atomic E-state index is 0.269. The Labute approximate surface area is 132 Å². The van der Waals surface area contributed by atoms with Crippen LogP contribution in [0.4, 0.5) is 0 Å². The zero-order chi connectivity index (χ0) is 16.4. The molecule has 0 saturated heterocycles. The molecule has 0 aliphatic rings. The first kappa shape index (κ1) is 14.7. The van der Waals surface area contributed by atoms with E-state index in [9.17, 15) is 4.79 Å². The predicted molar refractivity (Wildman–Crippen MR) is 85.2 cm³/mol. The number of aryl methyl sites for hydroxylation is 1. The third-order valence-corrected chi connectivity index (χ3v) is 3.58. The summed E-state index contributed by atoms with van der Waals surface area (Å²) >= 11 is 0. The minimum Gasteiger partial charge on any atom is -0.478 e. The standard InChI is InChI=1S/C16H15N5O2/c1-11-7-14(8-19-20-9-17-18-10-20)12(2)21(11)15-5-3-13(4-6-15)16(22)23/h3-10H,1-2H3,(H,22,23). The van der Waals surface area contributed by atoms with Crippen LogP contribution >= 0.6 is 0 Å². The normalized spacial score (nSPS) is 11.2. The van der Waals surface area contributed by atoms with Crippen molar-refractivity contribution in [1.82, 2.24) is 19.4 Å². The Morgan fingerprint density at radius 3 is 2.43 bits per heavy atom. The molecule has 0 bridgehead atoms. The first-order valence-electron chi connectivity index (χ1n) is 6.98. The quantitative estimate of drug-likeness (QED) is 0.749. The van der Waals surface area contributed by atoms with Gasteiger partial charge in [-0.05, 0) is 44.2 Å². The van der Waals surface area contributed by atoms with E-state index >= 15 is 0 Å². The minimum atomic E-state index is -0.931. The molecule has 0 amide bonds. The number of nitrogens with zero attached hydrogens (tertiary/aromatic N) is 5. The fourth-order valence-corrected chi connectivity index (χ4v) is 2.45. The van der Waals surface area contributed by atoms with Crippen molar-refractivity contribution < 1.29 is 9.90 Å². The van der Waals surface area contributed by atoms with Gasteiger partial charge in [-0.15, -0.1) is 10.2 Å². The summed E-state index contributed by atoms with van der Waals surface area (Å²) < 4.78 is 3.58. The molecule has 0 aliphatic heterocycles. The SMILES string of the molecule is Cc1cc(C=Nn2cnnc2)c(C)n1-c1ccc(C(=O)O)cc1. The highest BCUT2D eigenvalue weighted by Gasteiger charge is 2.10. The molecular formula is C16H15N5O2. The second-order valence-corrected chi connectivity index (χ2v) is 5.10. The van der Waals surface area contributed by atoms with Gasteiger partial charge in [-0.1, -0.05) is 0 Å². The highest BCUT2D eigenvalue weighted by molar-refractivity contribution is 5.87. The second kappa shape index (κ2) is 5.88. The molecule has 7 nitrogen and oxygen atoms in total. The Kier molecular flexibility index (Phi) is 3.76. The molecule has 0 spiro atoms. The number of carbonyl (C=O) groups is 1. The monoisotopic (exact) mass is 309 g/mol. The molecule has 2 heterocycles. The van der Waals surface area contributed by atoms with E-state index in [1.807, 2.05) is 19.9 Å². The summed E-state index contributed by atoms with van der Waals surface area (Å²) in [5.41, 5.74) is 4.20. The average Bonchev–Trinajstić information content (AvgIpc) is 3.14. The van der Waals surface area contributed by atoms with Gasteiger partial charge in [-0.2, -0.15) is 5.10 Å². The number of aromatic carboxylic acids is 1. The Balaban J connectivity index is 1.96. The highest BCUT2D eigenvalue weighted by atomic mass is 16.4. The lowest BCUT2D eigenvalue weighted by Crippen LogP contribution is -2.01. The average molecular weight is 309 g/mol. The molecule has 116 valence electrons. The van der Waals surface area contributed by atoms with E-state index in [1.165, 1.54) is 17.3 Å². The molecule has 1 aromatic carbocycles. The molecule has 7 heteroatoms. The van der Waals surface area contributed by atoms with Gasteiger partial charge in [0.05, 0.1) is 11.8 Å². The van der Waals surface area contributed by atoms with Crippen molar-refractivity contribution in [3.63, 3.8) is 0 Å². The van der Waals surface area contributed by atoms with E-state index in [-0.39, 0.29) is 5.56 Å². The van der Waals surface area contributed by atoms with Gasteiger partial charge in [-0.25, -0.2) is 9.47 Å². The van der Waals surface area contributed by atoms with E-state index in [1.54, 1.807) is 30.5 Å². The van der Waals surface area contributed by atoms with Crippen LogP contribution < -0.4 is 0 Å². The topological polar surface area (TPSA) is 85.3 Å². The van der Waals surface area contributed by atoms with Crippen LogP contribution in [0.25, 0.3) is 5.69 Å². The molecule has 0 radical (unpaired) electrons. The molecule has 0 fully saturated rings. The van der Waals surface area contributed by atoms with Crippen molar-refractivity contribution in [3.05, 3.63) is 65.5 Å².